The number of nitrogens with one attached hydrogen (secondary N) is 1. The lowest BCUT2D eigenvalue weighted by Crippen LogP contribution is -2.46. The number of unbranched alkanes of at least 4 members (excludes halogenated alkanes) is 1. The summed E-state index contributed by atoms with van der Waals surface area (Å²) in [6, 6.07) is -0.754. The van der Waals surface area contributed by atoms with Crippen LogP contribution in [0.3, 0.4) is 0 Å². The summed E-state index contributed by atoms with van der Waals surface area (Å²) in [6.45, 7) is 13.4. The zero-order valence-electron chi connectivity index (χ0n) is 18.9. The Bertz CT molecular complexity index is 579. The largest absolute Gasteiger partial charge is 0.458 e. The van der Waals surface area contributed by atoms with Gasteiger partial charge in [-0.1, -0.05) is 19.8 Å². The fourth-order valence-corrected chi connectivity index (χ4v) is 3.49. The van der Waals surface area contributed by atoms with E-state index in [-0.39, 0.29) is 25.0 Å². The molecule has 0 aromatic heterocycles. The summed E-state index contributed by atoms with van der Waals surface area (Å²) >= 11 is 0. The van der Waals surface area contributed by atoms with Crippen molar-refractivity contribution < 1.29 is 29.1 Å². The summed E-state index contributed by atoms with van der Waals surface area (Å²) in [6.07, 6.45) is 2.07. The predicted octanol–water partition coefficient (Wildman–Crippen LogP) is 2.81. The molecule has 0 unspecified atom stereocenters. The van der Waals surface area contributed by atoms with Gasteiger partial charge < -0.3 is 14.4 Å². The minimum atomic E-state index is -0.754. The van der Waals surface area contributed by atoms with Crippen molar-refractivity contribution >= 4 is 17.8 Å². The van der Waals surface area contributed by atoms with Crippen LogP contribution in [0.5, 0.6) is 0 Å². The van der Waals surface area contributed by atoms with E-state index in [0.29, 0.717) is 12.8 Å². The van der Waals surface area contributed by atoms with Crippen LogP contribution in [-0.2, 0) is 23.9 Å². The van der Waals surface area contributed by atoms with Crippen LogP contribution in [0.4, 0.5) is 0 Å². The third-order valence-corrected chi connectivity index (χ3v) is 4.56. The standard InChI is InChI=1S/C21H38N2O6/c1-8-9-10-14(11-17(24)22-27)18(25)23-13-15(28-20(2,3)4)12-16(23)19(26)29-21(5,6)7/h14-16,27H,8-13H2,1-7H3,(H,22,24)/t14-,15-,16+/m1/s1. The van der Waals surface area contributed by atoms with E-state index in [1.165, 1.54) is 4.90 Å². The maximum absolute atomic E-state index is 13.3. The molecule has 29 heavy (non-hydrogen) atoms. The molecular formula is C21H38N2O6. The van der Waals surface area contributed by atoms with Crippen molar-refractivity contribution in [2.45, 2.75) is 104 Å². The van der Waals surface area contributed by atoms with Crippen LogP contribution in [0.15, 0.2) is 0 Å². The van der Waals surface area contributed by atoms with Crippen molar-refractivity contribution in [2.75, 3.05) is 6.54 Å². The molecule has 1 rings (SSSR count). The molecule has 1 aliphatic heterocycles. The highest BCUT2D eigenvalue weighted by molar-refractivity contribution is 5.89. The summed E-state index contributed by atoms with van der Waals surface area (Å²) in [5, 5.41) is 8.88. The predicted molar refractivity (Wildman–Crippen MR) is 108 cm³/mol. The number of carbonyl (C=O) groups excluding carboxylic acids is 3. The lowest BCUT2D eigenvalue weighted by molar-refractivity contribution is -0.164. The van der Waals surface area contributed by atoms with Crippen molar-refractivity contribution in [1.82, 2.24) is 10.4 Å². The summed E-state index contributed by atoms with van der Waals surface area (Å²) in [5.41, 5.74) is 0.507. The van der Waals surface area contributed by atoms with Crippen LogP contribution in [0.2, 0.25) is 0 Å². The van der Waals surface area contributed by atoms with Crippen LogP contribution >= 0.6 is 0 Å². The van der Waals surface area contributed by atoms with Crippen molar-refractivity contribution in [3.8, 4) is 0 Å². The van der Waals surface area contributed by atoms with E-state index >= 15 is 0 Å². The van der Waals surface area contributed by atoms with Gasteiger partial charge >= 0.3 is 5.97 Å². The Kier molecular flexibility index (Phi) is 9.09. The second-order valence-electron chi connectivity index (χ2n) is 9.71. The van der Waals surface area contributed by atoms with Crippen LogP contribution in [0.25, 0.3) is 0 Å². The number of likely N-dealkylation sites (tertiary alicyclic amines) is 1. The molecule has 1 saturated heterocycles. The molecule has 0 saturated carbocycles. The van der Waals surface area contributed by atoms with Gasteiger partial charge in [0.25, 0.3) is 0 Å². The molecule has 1 fully saturated rings. The van der Waals surface area contributed by atoms with Crippen molar-refractivity contribution in [3.05, 3.63) is 0 Å². The van der Waals surface area contributed by atoms with Gasteiger partial charge in [0, 0.05) is 25.3 Å². The Morgan fingerprint density at radius 2 is 1.76 bits per heavy atom. The van der Waals surface area contributed by atoms with Gasteiger partial charge in [0.15, 0.2) is 0 Å². The van der Waals surface area contributed by atoms with E-state index in [2.05, 4.69) is 0 Å². The Balaban J connectivity index is 3.08. The first-order valence-electron chi connectivity index (χ1n) is 10.4. The number of esters is 1. The van der Waals surface area contributed by atoms with Gasteiger partial charge in [-0.15, -0.1) is 0 Å². The van der Waals surface area contributed by atoms with Crippen molar-refractivity contribution in [1.29, 1.82) is 0 Å². The SMILES string of the molecule is CCCC[C@H](CC(=O)NO)C(=O)N1C[C@H](OC(C)(C)C)C[C@H]1C(=O)OC(C)(C)C. The maximum Gasteiger partial charge on any atom is 0.329 e. The third-order valence-electron chi connectivity index (χ3n) is 4.56. The Labute approximate surface area is 174 Å². The second-order valence-corrected chi connectivity index (χ2v) is 9.71. The Hall–Kier alpha value is -1.67. The molecule has 0 spiro atoms. The number of nitrogens with zero attached hydrogens (tertiary/aromatic N) is 1. The van der Waals surface area contributed by atoms with Gasteiger partial charge in [0.2, 0.25) is 11.8 Å². The Morgan fingerprint density at radius 1 is 1.14 bits per heavy atom. The van der Waals surface area contributed by atoms with E-state index in [4.69, 9.17) is 14.7 Å². The molecule has 0 radical (unpaired) electrons. The first kappa shape index (κ1) is 25.4. The first-order chi connectivity index (χ1) is 13.3. The number of hydroxylamine groups is 1. The first-order valence-corrected chi connectivity index (χ1v) is 10.4. The summed E-state index contributed by atoms with van der Waals surface area (Å²) in [5.74, 6) is -1.97. The van der Waals surface area contributed by atoms with E-state index in [0.717, 1.165) is 12.8 Å². The number of hydrogen-bond donors (Lipinski definition) is 2. The number of carbonyl (C=O) groups is 3. The summed E-state index contributed by atoms with van der Waals surface area (Å²) < 4.78 is 11.6. The molecule has 0 bridgehead atoms. The Morgan fingerprint density at radius 3 is 2.24 bits per heavy atom. The highest BCUT2D eigenvalue weighted by Gasteiger charge is 2.44. The third kappa shape index (κ3) is 8.70. The monoisotopic (exact) mass is 414 g/mol. The average Bonchev–Trinajstić information content (AvgIpc) is 2.98. The number of amides is 2. The van der Waals surface area contributed by atoms with Crippen molar-refractivity contribution in [2.24, 2.45) is 5.92 Å². The molecule has 2 amide bonds. The highest BCUT2D eigenvalue weighted by atomic mass is 16.6. The molecule has 8 nitrogen and oxygen atoms in total. The quantitative estimate of drug-likeness (QED) is 0.359. The molecule has 1 heterocycles. The number of hydrogen-bond acceptors (Lipinski definition) is 6. The van der Waals surface area contributed by atoms with E-state index in [9.17, 15) is 14.4 Å². The fraction of sp³-hybridized carbons (Fsp3) is 0.857. The molecule has 168 valence electrons. The van der Waals surface area contributed by atoms with Crippen molar-refractivity contribution in [3.63, 3.8) is 0 Å². The molecule has 1 aliphatic rings. The minimum absolute atomic E-state index is 0.127. The van der Waals surface area contributed by atoms with Gasteiger partial charge in [-0.2, -0.15) is 0 Å². The lowest BCUT2D eigenvalue weighted by Gasteiger charge is -2.29. The molecule has 0 aliphatic carbocycles. The minimum Gasteiger partial charge on any atom is -0.458 e. The molecule has 0 aromatic rings. The highest BCUT2D eigenvalue weighted by Crippen LogP contribution is 2.29. The van der Waals surface area contributed by atoms with Gasteiger partial charge in [-0.05, 0) is 48.0 Å². The topological polar surface area (TPSA) is 105 Å². The molecular weight excluding hydrogens is 376 g/mol. The van der Waals surface area contributed by atoms with Gasteiger partial charge in [-0.25, -0.2) is 10.3 Å². The average molecular weight is 415 g/mol. The maximum atomic E-state index is 13.3. The van der Waals surface area contributed by atoms with Gasteiger partial charge in [-0.3, -0.25) is 14.8 Å². The van der Waals surface area contributed by atoms with Gasteiger partial charge in [0.1, 0.15) is 11.6 Å². The van der Waals surface area contributed by atoms with E-state index < -0.39 is 35.0 Å². The normalized spacial score (nSPS) is 21.0. The van der Waals surface area contributed by atoms with Crippen LogP contribution in [0.1, 0.15) is 80.6 Å². The van der Waals surface area contributed by atoms with Gasteiger partial charge in [0.05, 0.1) is 11.7 Å². The summed E-state index contributed by atoms with van der Waals surface area (Å²) in [4.78, 5) is 39.3. The molecule has 2 N–H and O–H groups in total. The van der Waals surface area contributed by atoms with Crippen LogP contribution < -0.4 is 5.48 Å². The number of ether oxygens (including phenoxy) is 2. The van der Waals surface area contributed by atoms with Crippen LogP contribution in [0, 0.1) is 5.92 Å². The molecule has 8 heteroatoms. The van der Waals surface area contributed by atoms with E-state index in [1.807, 2.05) is 27.7 Å². The fourth-order valence-electron chi connectivity index (χ4n) is 3.49. The zero-order chi connectivity index (χ0) is 22.4. The lowest BCUT2D eigenvalue weighted by atomic mass is 9.96. The summed E-state index contributed by atoms with van der Waals surface area (Å²) in [7, 11) is 0. The molecule has 3 atom stereocenters. The van der Waals surface area contributed by atoms with E-state index in [1.54, 1.807) is 26.3 Å². The zero-order valence-corrected chi connectivity index (χ0v) is 18.9. The molecule has 0 aromatic carbocycles. The number of rotatable bonds is 8. The smallest absolute Gasteiger partial charge is 0.329 e. The van der Waals surface area contributed by atoms with Crippen LogP contribution in [-0.4, -0.2) is 57.8 Å². The second kappa shape index (κ2) is 10.4.